The Morgan fingerprint density at radius 1 is 1.42 bits per heavy atom. The molecule has 0 bridgehead atoms. The third-order valence-electron chi connectivity index (χ3n) is 1.96. The van der Waals surface area contributed by atoms with Gasteiger partial charge in [-0.1, -0.05) is 9.59 Å². The second kappa shape index (κ2) is 5.82. The number of hydrogen-bond acceptors (Lipinski definition) is 8. The number of rotatable bonds is 5. The van der Waals surface area contributed by atoms with E-state index < -0.39 is 10.8 Å². The first-order valence-corrected chi connectivity index (χ1v) is 5.74. The quantitative estimate of drug-likeness (QED) is 0.637. The Morgan fingerprint density at radius 3 is 2.74 bits per heavy atom. The fourth-order valence-electron chi connectivity index (χ4n) is 1.15. The largest absolute Gasteiger partial charge is 0.484 e. The van der Waals surface area contributed by atoms with Crippen molar-refractivity contribution >= 4 is 28.3 Å². The molecule has 9 nitrogen and oxygen atoms in total. The molecule has 0 atom stereocenters. The van der Waals surface area contributed by atoms with Gasteiger partial charge in [-0.15, -0.1) is 0 Å². The average Bonchev–Trinajstić information content (AvgIpc) is 2.89. The maximum atomic E-state index is 11.4. The van der Waals surface area contributed by atoms with E-state index in [4.69, 9.17) is 4.74 Å². The number of carbonyl (C=O) groups is 1. The highest BCUT2D eigenvalue weighted by Gasteiger charge is 2.08. The maximum absolute atomic E-state index is 11.4. The summed E-state index contributed by atoms with van der Waals surface area (Å²) in [7, 11) is 0. The minimum atomic E-state index is -0.515. The molecule has 0 aliphatic carbocycles. The minimum absolute atomic E-state index is 0.0447. The lowest BCUT2D eigenvalue weighted by Gasteiger charge is -2.04. The molecule has 10 heteroatoms. The molecule has 0 saturated carbocycles. The molecule has 1 aromatic carbocycles. The number of amides is 1. The van der Waals surface area contributed by atoms with Crippen LogP contribution in [-0.2, 0) is 4.79 Å². The van der Waals surface area contributed by atoms with Crippen LogP contribution >= 0.6 is 11.5 Å². The van der Waals surface area contributed by atoms with Gasteiger partial charge in [-0.2, -0.15) is 0 Å². The van der Waals surface area contributed by atoms with Gasteiger partial charge in [-0.25, -0.2) is 0 Å². The van der Waals surface area contributed by atoms with Gasteiger partial charge in [0.15, 0.2) is 6.61 Å². The van der Waals surface area contributed by atoms with E-state index in [-0.39, 0.29) is 17.4 Å². The average molecular weight is 281 g/mol. The molecule has 1 N–H and O–H groups in total. The number of anilines is 1. The number of non-ortho nitro benzene ring substituents is 1. The SMILES string of the molecule is O=C(COc1ccc([N+](=O)[O-])cc1)Nc1nnns1. The Balaban J connectivity index is 1.84. The van der Waals surface area contributed by atoms with Crippen molar-refractivity contribution in [2.24, 2.45) is 0 Å². The van der Waals surface area contributed by atoms with Gasteiger partial charge >= 0.3 is 0 Å². The number of carbonyl (C=O) groups excluding carboxylic acids is 1. The van der Waals surface area contributed by atoms with Crippen LogP contribution in [0.3, 0.4) is 0 Å². The third-order valence-corrected chi connectivity index (χ3v) is 2.47. The zero-order chi connectivity index (χ0) is 13.7. The number of nitrogens with one attached hydrogen (secondary N) is 1. The van der Waals surface area contributed by atoms with Gasteiger partial charge in [-0.3, -0.25) is 20.2 Å². The van der Waals surface area contributed by atoms with Gasteiger partial charge in [0.25, 0.3) is 11.6 Å². The molecule has 98 valence electrons. The van der Waals surface area contributed by atoms with Crippen molar-refractivity contribution in [3.05, 3.63) is 34.4 Å². The first-order chi connectivity index (χ1) is 9.15. The first kappa shape index (κ1) is 12.8. The molecule has 0 aliphatic rings. The lowest BCUT2D eigenvalue weighted by Crippen LogP contribution is -2.20. The highest BCUT2D eigenvalue weighted by atomic mass is 32.1. The summed E-state index contributed by atoms with van der Waals surface area (Å²) in [6.45, 7) is -0.239. The van der Waals surface area contributed by atoms with E-state index in [1.54, 1.807) is 0 Å². The van der Waals surface area contributed by atoms with Crippen LogP contribution in [0.25, 0.3) is 0 Å². The second-order valence-corrected chi connectivity index (χ2v) is 3.99. The van der Waals surface area contributed by atoms with E-state index in [9.17, 15) is 14.9 Å². The van der Waals surface area contributed by atoms with Crippen molar-refractivity contribution in [2.45, 2.75) is 0 Å². The highest BCUT2D eigenvalue weighted by Crippen LogP contribution is 2.17. The van der Waals surface area contributed by atoms with Gasteiger partial charge < -0.3 is 4.74 Å². The summed E-state index contributed by atoms with van der Waals surface area (Å²) in [5.41, 5.74) is -0.0447. The third kappa shape index (κ3) is 3.67. The van der Waals surface area contributed by atoms with E-state index in [2.05, 4.69) is 20.1 Å². The van der Waals surface area contributed by atoms with Gasteiger partial charge in [0.05, 0.1) is 4.92 Å². The summed E-state index contributed by atoms with van der Waals surface area (Å²) in [5.74, 6) is -0.0620. The zero-order valence-electron chi connectivity index (χ0n) is 9.35. The molecular formula is C9H7N5O4S. The summed E-state index contributed by atoms with van der Waals surface area (Å²) >= 11 is 0.943. The van der Waals surface area contributed by atoms with Crippen molar-refractivity contribution in [3.8, 4) is 5.75 Å². The van der Waals surface area contributed by atoms with Crippen molar-refractivity contribution in [2.75, 3.05) is 11.9 Å². The van der Waals surface area contributed by atoms with Crippen LogP contribution in [0.5, 0.6) is 5.75 Å². The normalized spacial score (nSPS) is 9.89. The standard InChI is InChI=1S/C9H7N5O4S/c15-8(10-9-11-12-13-19-9)5-18-7-3-1-6(2-4-7)14(16)17/h1-4H,5H2,(H,10,11,13,15). The van der Waals surface area contributed by atoms with Gasteiger partial charge in [0, 0.05) is 23.7 Å². The number of nitrogens with zero attached hydrogens (tertiary/aromatic N) is 4. The van der Waals surface area contributed by atoms with Crippen LogP contribution in [0.1, 0.15) is 0 Å². The molecule has 0 radical (unpaired) electrons. The smallest absolute Gasteiger partial charge is 0.269 e. The number of aromatic nitrogens is 3. The number of nitro benzene ring substituents is 1. The van der Waals surface area contributed by atoms with Crippen LogP contribution in [0.4, 0.5) is 10.8 Å². The van der Waals surface area contributed by atoms with Gasteiger partial charge in [0.1, 0.15) is 5.75 Å². The van der Waals surface area contributed by atoms with E-state index in [1.165, 1.54) is 24.3 Å². The second-order valence-electron chi connectivity index (χ2n) is 3.26. The summed E-state index contributed by atoms with van der Waals surface area (Å²) in [4.78, 5) is 21.3. The lowest BCUT2D eigenvalue weighted by molar-refractivity contribution is -0.384. The van der Waals surface area contributed by atoms with Crippen LogP contribution in [0, 0.1) is 10.1 Å². The fraction of sp³-hybridized carbons (Fsp3) is 0.111. The molecule has 0 aliphatic heterocycles. The van der Waals surface area contributed by atoms with E-state index in [1.807, 2.05) is 0 Å². The van der Waals surface area contributed by atoms with Crippen LogP contribution < -0.4 is 10.1 Å². The van der Waals surface area contributed by atoms with Gasteiger partial charge in [0.2, 0.25) is 5.13 Å². The van der Waals surface area contributed by atoms with Crippen molar-refractivity contribution in [1.82, 2.24) is 14.8 Å². The Hall–Kier alpha value is -2.62. The molecule has 1 amide bonds. The maximum Gasteiger partial charge on any atom is 0.269 e. The number of benzene rings is 1. The molecule has 19 heavy (non-hydrogen) atoms. The van der Waals surface area contributed by atoms with Crippen LogP contribution in [-0.4, -0.2) is 32.2 Å². The van der Waals surface area contributed by atoms with Crippen LogP contribution in [0.15, 0.2) is 24.3 Å². The number of ether oxygens (including phenoxy) is 1. The molecule has 0 fully saturated rings. The fourth-order valence-corrected chi connectivity index (χ4v) is 1.53. The van der Waals surface area contributed by atoms with E-state index >= 15 is 0 Å². The Morgan fingerprint density at radius 2 is 2.16 bits per heavy atom. The monoisotopic (exact) mass is 281 g/mol. The summed E-state index contributed by atoms with van der Waals surface area (Å²) in [6, 6.07) is 5.42. The molecule has 0 saturated heterocycles. The van der Waals surface area contributed by atoms with Crippen LogP contribution in [0.2, 0.25) is 0 Å². The molecule has 0 spiro atoms. The van der Waals surface area contributed by atoms with E-state index in [0.29, 0.717) is 5.75 Å². The van der Waals surface area contributed by atoms with Crippen molar-refractivity contribution in [1.29, 1.82) is 0 Å². The summed E-state index contributed by atoms with van der Waals surface area (Å²) < 4.78 is 8.63. The molecule has 1 aromatic heterocycles. The Bertz CT molecular complexity index is 571. The summed E-state index contributed by atoms with van der Waals surface area (Å²) in [5, 5.41) is 20.0. The van der Waals surface area contributed by atoms with Crippen molar-refractivity contribution in [3.63, 3.8) is 0 Å². The minimum Gasteiger partial charge on any atom is -0.484 e. The lowest BCUT2D eigenvalue weighted by atomic mass is 10.3. The molecule has 2 rings (SSSR count). The summed E-state index contributed by atoms with van der Waals surface area (Å²) in [6.07, 6.45) is 0. The Kier molecular flexibility index (Phi) is 3.93. The predicted octanol–water partition coefficient (Wildman–Crippen LogP) is 0.859. The van der Waals surface area contributed by atoms with E-state index in [0.717, 1.165) is 11.5 Å². The van der Waals surface area contributed by atoms with Crippen molar-refractivity contribution < 1.29 is 14.5 Å². The zero-order valence-corrected chi connectivity index (χ0v) is 10.2. The number of hydrogen-bond donors (Lipinski definition) is 1. The molecule has 2 aromatic rings. The predicted molar refractivity (Wildman–Crippen MR) is 64.9 cm³/mol. The molecular weight excluding hydrogens is 274 g/mol. The Labute approximate surface area is 110 Å². The number of nitro groups is 1. The first-order valence-electron chi connectivity index (χ1n) is 4.97. The molecule has 1 heterocycles. The topological polar surface area (TPSA) is 120 Å². The highest BCUT2D eigenvalue weighted by molar-refractivity contribution is 7.09. The van der Waals surface area contributed by atoms with Gasteiger partial charge in [-0.05, 0) is 17.3 Å². The molecule has 0 unspecified atom stereocenters.